The van der Waals surface area contributed by atoms with Gasteiger partial charge in [-0.3, -0.25) is 9.59 Å². The second-order valence-corrected chi connectivity index (χ2v) is 2.31. The van der Waals surface area contributed by atoms with Gasteiger partial charge in [0.25, 0.3) is 0 Å². The molecule has 0 radical (unpaired) electrons. The predicted molar refractivity (Wildman–Crippen MR) is 42.2 cm³/mol. The maximum atomic E-state index is 10.4. The molecule has 0 saturated heterocycles. The van der Waals surface area contributed by atoms with E-state index in [2.05, 4.69) is 5.32 Å². The Kier molecular flexibility index (Phi) is 4.29. The highest BCUT2D eigenvalue weighted by Gasteiger charge is 1.88. The van der Waals surface area contributed by atoms with Crippen LogP contribution in [0.1, 0.15) is 0 Å². The minimum Gasteiger partial charge on any atom is -0.356 e. The number of hydrogen-bond donors (Lipinski definition) is 1. The van der Waals surface area contributed by atoms with E-state index in [-0.39, 0.29) is 9.70 Å². The molecule has 0 atom stereocenters. The minimum absolute atomic E-state index is 0.156. The summed E-state index contributed by atoms with van der Waals surface area (Å²) in [5.41, 5.74) is 0. The van der Waals surface area contributed by atoms with Gasteiger partial charge in [0.15, 0.2) is 0 Å². The van der Waals surface area contributed by atoms with Crippen LogP contribution in [-0.2, 0) is 9.59 Å². The van der Waals surface area contributed by atoms with Crippen molar-refractivity contribution < 1.29 is 9.59 Å². The van der Waals surface area contributed by atoms with Crippen molar-refractivity contribution in [1.29, 1.82) is 0 Å². The summed E-state index contributed by atoms with van der Waals surface area (Å²) < 4.78 is -0.156. The third kappa shape index (κ3) is 5.48. The summed E-state index contributed by atoms with van der Waals surface area (Å²) in [6.07, 6.45) is 2.40. The number of carbonyl (C=O) groups excluding carboxylic acids is 2. The summed E-state index contributed by atoms with van der Waals surface area (Å²) in [5, 5.41) is 2.34. The second-order valence-electron chi connectivity index (χ2n) is 1.25. The van der Waals surface area contributed by atoms with E-state index in [1.807, 2.05) is 0 Å². The van der Waals surface area contributed by atoms with Crippen LogP contribution in [0.15, 0.2) is 12.2 Å². The maximum absolute atomic E-state index is 10.4. The number of amides is 1. The zero-order valence-electron chi connectivity index (χ0n) is 4.85. The van der Waals surface area contributed by atoms with Crippen molar-refractivity contribution in [3.8, 4) is 0 Å². The Morgan fingerprint density at radius 2 is 2.00 bits per heavy atom. The first kappa shape index (κ1) is 8.61. The van der Waals surface area contributed by atoms with Crippen LogP contribution in [0, 0.1) is 0 Å². The summed E-state index contributed by atoms with van der Waals surface area (Å²) in [5.74, 6) is -0.264. The van der Waals surface area contributed by atoms with Crippen molar-refractivity contribution in [2.45, 2.75) is 0 Å². The standard InChI is InChI=1S/C5H6INO2/c1-7-5(9)3-2-4(6)8/h2-3H,1H3,(H,7,9)/b3-2+. The maximum Gasteiger partial charge on any atom is 0.243 e. The van der Waals surface area contributed by atoms with Gasteiger partial charge in [-0.2, -0.15) is 0 Å². The molecule has 0 spiro atoms. The van der Waals surface area contributed by atoms with E-state index >= 15 is 0 Å². The van der Waals surface area contributed by atoms with E-state index in [0.717, 1.165) is 0 Å². The summed E-state index contributed by atoms with van der Waals surface area (Å²) in [6.45, 7) is 0. The number of hydrogen-bond acceptors (Lipinski definition) is 2. The number of likely N-dealkylation sites (N-methyl/N-ethyl adjacent to an activating group) is 1. The monoisotopic (exact) mass is 239 g/mol. The lowest BCUT2D eigenvalue weighted by molar-refractivity contribution is -0.116. The van der Waals surface area contributed by atoms with Crippen LogP contribution in [0.2, 0.25) is 0 Å². The van der Waals surface area contributed by atoms with Gasteiger partial charge in [-0.1, -0.05) is 0 Å². The van der Waals surface area contributed by atoms with Crippen LogP contribution in [0.4, 0.5) is 0 Å². The molecule has 0 bridgehead atoms. The molecule has 50 valence electrons. The summed E-state index contributed by atoms with van der Waals surface area (Å²) in [4.78, 5) is 20.5. The Labute approximate surface area is 66.6 Å². The average molecular weight is 239 g/mol. The van der Waals surface area contributed by atoms with Gasteiger partial charge in [-0.25, -0.2) is 0 Å². The number of rotatable bonds is 2. The third-order valence-electron chi connectivity index (χ3n) is 0.612. The van der Waals surface area contributed by atoms with E-state index in [4.69, 9.17) is 0 Å². The number of nitrogens with one attached hydrogen (secondary N) is 1. The molecule has 0 heterocycles. The SMILES string of the molecule is CNC(=O)/C=C/C(=O)I. The van der Waals surface area contributed by atoms with Gasteiger partial charge < -0.3 is 5.32 Å². The fourth-order valence-corrected chi connectivity index (χ4v) is 0.404. The molecule has 9 heavy (non-hydrogen) atoms. The summed E-state index contributed by atoms with van der Waals surface area (Å²) >= 11 is 1.59. The van der Waals surface area contributed by atoms with Crippen molar-refractivity contribution in [2.75, 3.05) is 7.05 Å². The number of carbonyl (C=O) groups is 2. The van der Waals surface area contributed by atoms with Crippen molar-refractivity contribution in [1.82, 2.24) is 5.32 Å². The van der Waals surface area contributed by atoms with E-state index < -0.39 is 0 Å². The fraction of sp³-hybridized carbons (Fsp3) is 0.200. The van der Waals surface area contributed by atoms with Gasteiger partial charge in [-0.15, -0.1) is 0 Å². The van der Waals surface area contributed by atoms with Crippen molar-refractivity contribution >= 4 is 32.3 Å². The van der Waals surface area contributed by atoms with Crippen LogP contribution in [-0.4, -0.2) is 16.7 Å². The Hall–Kier alpha value is -0.390. The first-order valence-corrected chi connectivity index (χ1v) is 3.34. The van der Waals surface area contributed by atoms with Crippen molar-refractivity contribution in [3.05, 3.63) is 12.2 Å². The minimum atomic E-state index is -0.264. The van der Waals surface area contributed by atoms with Gasteiger partial charge >= 0.3 is 0 Å². The van der Waals surface area contributed by atoms with Crippen molar-refractivity contribution in [2.24, 2.45) is 0 Å². The lowest BCUT2D eigenvalue weighted by Gasteiger charge is -1.85. The third-order valence-corrected chi connectivity index (χ3v) is 0.972. The zero-order chi connectivity index (χ0) is 7.28. The average Bonchev–Trinajstić information content (AvgIpc) is 1.83. The highest BCUT2D eigenvalue weighted by Crippen LogP contribution is 1.85. The molecule has 0 fully saturated rings. The van der Waals surface area contributed by atoms with Gasteiger partial charge in [0.2, 0.25) is 9.70 Å². The summed E-state index contributed by atoms with van der Waals surface area (Å²) in [7, 11) is 1.50. The van der Waals surface area contributed by atoms with Crippen LogP contribution in [0.5, 0.6) is 0 Å². The Bertz CT molecular complexity index is 153. The quantitative estimate of drug-likeness (QED) is 0.426. The summed E-state index contributed by atoms with van der Waals surface area (Å²) in [6, 6.07) is 0. The molecule has 0 aromatic heterocycles. The molecule has 4 heteroatoms. The largest absolute Gasteiger partial charge is 0.356 e. The Morgan fingerprint density at radius 1 is 1.44 bits per heavy atom. The van der Waals surface area contributed by atoms with Crippen LogP contribution in [0.25, 0.3) is 0 Å². The van der Waals surface area contributed by atoms with E-state index in [1.165, 1.54) is 19.2 Å². The molecular formula is C5H6INO2. The molecule has 0 aromatic rings. The highest BCUT2D eigenvalue weighted by molar-refractivity contribution is 14.1. The molecule has 0 aliphatic carbocycles. The molecule has 1 amide bonds. The predicted octanol–water partition coefficient (Wildman–Crippen LogP) is 0.250. The first-order chi connectivity index (χ1) is 4.16. The molecular weight excluding hydrogens is 233 g/mol. The molecule has 1 N–H and O–H groups in total. The molecule has 0 aromatic carbocycles. The molecule has 0 rings (SSSR count). The van der Waals surface area contributed by atoms with Gasteiger partial charge in [0.1, 0.15) is 0 Å². The molecule has 0 aliphatic heterocycles. The molecule has 0 aliphatic rings. The van der Waals surface area contributed by atoms with E-state index in [9.17, 15) is 9.59 Å². The van der Waals surface area contributed by atoms with Crippen LogP contribution < -0.4 is 5.32 Å². The zero-order valence-corrected chi connectivity index (χ0v) is 7.01. The van der Waals surface area contributed by atoms with E-state index in [1.54, 1.807) is 22.6 Å². The first-order valence-electron chi connectivity index (χ1n) is 2.26. The lowest BCUT2D eigenvalue weighted by atomic mass is 10.5. The Balaban J connectivity index is 3.71. The molecule has 0 saturated carbocycles. The normalized spacial score (nSPS) is 9.56. The second kappa shape index (κ2) is 4.49. The van der Waals surface area contributed by atoms with Gasteiger partial charge in [-0.05, 0) is 6.08 Å². The molecule has 3 nitrogen and oxygen atoms in total. The smallest absolute Gasteiger partial charge is 0.243 e. The Morgan fingerprint density at radius 3 is 2.33 bits per heavy atom. The van der Waals surface area contributed by atoms with Gasteiger partial charge in [0.05, 0.1) is 0 Å². The van der Waals surface area contributed by atoms with Crippen LogP contribution >= 0.6 is 22.6 Å². The van der Waals surface area contributed by atoms with E-state index in [0.29, 0.717) is 0 Å². The number of halogens is 1. The van der Waals surface area contributed by atoms with Crippen molar-refractivity contribution in [3.63, 3.8) is 0 Å². The van der Waals surface area contributed by atoms with Gasteiger partial charge in [0, 0.05) is 35.7 Å². The fourth-order valence-electron chi connectivity index (χ4n) is 0.225. The van der Waals surface area contributed by atoms with Crippen LogP contribution in [0.3, 0.4) is 0 Å². The highest BCUT2D eigenvalue weighted by atomic mass is 127. The number of allylic oxidation sites excluding steroid dienone is 1. The molecule has 0 unspecified atom stereocenters. The topological polar surface area (TPSA) is 46.2 Å². The lowest BCUT2D eigenvalue weighted by Crippen LogP contribution is -2.14.